The van der Waals surface area contributed by atoms with Crippen molar-refractivity contribution in [1.29, 1.82) is 0 Å². The summed E-state index contributed by atoms with van der Waals surface area (Å²) < 4.78 is 156. The van der Waals surface area contributed by atoms with E-state index in [-0.39, 0.29) is 21.4 Å². The molecule has 7 rings (SSSR count). The van der Waals surface area contributed by atoms with Crippen LogP contribution >= 0.6 is 0 Å². The number of piperazine rings is 1. The number of nitrogens with zero attached hydrogens (tertiary/aromatic N) is 6. The molecule has 4 amide bonds. The highest BCUT2D eigenvalue weighted by Gasteiger charge is 2.57. The zero-order chi connectivity index (χ0) is 59.5. The summed E-state index contributed by atoms with van der Waals surface area (Å²) in [6.07, 6.45) is -11.2. The van der Waals surface area contributed by atoms with Crippen LogP contribution in [0.25, 0.3) is 11.1 Å². The van der Waals surface area contributed by atoms with Crippen LogP contribution in [0.4, 0.5) is 59.3 Å². The Morgan fingerprint density at radius 3 is 1.93 bits per heavy atom. The molecule has 81 heavy (non-hydrogen) atoms. The predicted octanol–water partition coefficient (Wildman–Crippen LogP) is 6.84. The molecule has 0 aliphatic carbocycles. The van der Waals surface area contributed by atoms with Crippen molar-refractivity contribution >= 4 is 29.8 Å². The molecule has 3 saturated heterocycles. The number of carboxylic acid groups (broad SMARTS) is 1. The van der Waals surface area contributed by atoms with E-state index in [2.05, 4.69) is 36.8 Å². The number of nitrogens with one attached hydrogen (secondary N) is 4. The number of rotatable bonds is 19. The lowest BCUT2D eigenvalue weighted by Gasteiger charge is -2.48. The van der Waals surface area contributed by atoms with Crippen LogP contribution in [0.5, 0.6) is 0 Å². The number of anilines is 1. The third-order valence-corrected chi connectivity index (χ3v) is 15.0. The minimum atomic E-state index is -5.28. The number of alkyl halides is 8. The first-order valence-electron chi connectivity index (χ1n) is 25.4. The van der Waals surface area contributed by atoms with E-state index in [1.165, 1.54) is 17.4 Å². The molecule has 0 spiro atoms. The number of methoxy groups -OCH3 is 1. The Kier molecular flexibility index (Phi) is 18.6. The van der Waals surface area contributed by atoms with Crippen LogP contribution in [0.2, 0.25) is 0 Å². The molecule has 4 aromatic rings. The van der Waals surface area contributed by atoms with Gasteiger partial charge in [0.05, 0.1) is 55.5 Å². The first-order valence-corrected chi connectivity index (χ1v) is 25.4. The van der Waals surface area contributed by atoms with Gasteiger partial charge >= 0.3 is 31.1 Å². The maximum Gasteiger partial charge on any atom is 0.407 e. The number of benzene rings is 2. The van der Waals surface area contributed by atoms with E-state index in [9.17, 15) is 64.5 Å². The van der Waals surface area contributed by atoms with E-state index in [1.54, 1.807) is 18.3 Å². The van der Waals surface area contributed by atoms with Gasteiger partial charge in [0.15, 0.2) is 0 Å². The number of alkyl carbamates (subject to hydrolysis) is 1. The Morgan fingerprint density at radius 1 is 0.827 bits per heavy atom. The van der Waals surface area contributed by atoms with Crippen molar-refractivity contribution in [1.82, 2.24) is 46.0 Å². The smallest absolute Gasteiger partial charge is 0.407 e. The zero-order valence-corrected chi connectivity index (χ0v) is 44.6. The molecule has 6 atom stereocenters. The van der Waals surface area contributed by atoms with Gasteiger partial charge in [0.2, 0.25) is 5.91 Å². The SMILES string of the molecule is COC(=O)N[C@H](C(=O)N[C@@H](Cc1ccc(C#Cc2cnc(N3CC4CCC(C3)N4C3COC3)cc2C)cc1)[C@@H](O)CN(Cc1c(F)cc(-c2cnn(C(F)F)c2)cc1F)NC(=O)[C@@H](NC(=O)O)C(C)(C)C(F)(F)F)C(C)(C)C(F)(F)F. The third-order valence-electron chi connectivity index (χ3n) is 15.0. The van der Waals surface area contributed by atoms with Crippen LogP contribution in [0.3, 0.4) is 0 Å². The van der Waals surface area contributed by atoms with Crippen LogP contribution in [0, 0.1) is 41.2 Å². The molecule has 3 aliphatic rings. The van der Waals surface area contributed by atoms with Gasteiger partial charge in [-0.25, -0.2) is 33.0 Å². The van der Waals surface area contributed by atoms with Gasteiger partial charge in [-0.3, -0.25) is 19.9 Å². The van der Waals surface area contributed by atoms with Gasteiger partial charge < -0.3 is 40.5 Å². The van der Waals surface area contributed by atoms with Gasteiger partial charge in [-0.15, -0.1) is 0 Å². The average molecular weight is 1160 g/mol. The van der Waals surface area contributed by atoms with Gasteiger partial charge in [0, 0.05) is 72.9 Å². The fourth-order valence-corrected chi connectivity index (χ4v) is 9.83. The van der Waals surface area contributed by atoms with Crippen molar-refractivity contribution in [2.45, 2.75) is 122 Å². The Labute approximate surface area is 458 Å². The van der Waals surface area contributed by atoms with E-state index in [4.69, 9.17) is 9.72 Å². The molecule has 3 fully saturated rings. The van der Waals surface area contributed by atoms with Crippen molar-refractivity contribution in [2.24, 2.45) is 10.8 Å². The molecule has 2 aromatic heterocycles. The Morgan fingerprint density at radius 2 is 1.42 bits per heavy atom. The number of aliphatic hydroxyl groups excluding tert-OH is 1. The molecule has 440 valence electrons. The van der Waals surface area contributed by atoms with Gasteiger partial charge in [-0.1, -0.05) is 24.0 Å². The minimum Gasteiger partial charge on any atom is -0.465 e. The number of halogens is 10. The second kappa shape index (κ2) is 24.5. The lowest BCUT2D eigenvalue weighted by molar-refractivity contribution is -0.221. The maximum absolute atomic E-state index is 16.0. The van der Waals surface area contributed by atoms with Crippen LogP contribution < -0.4 is 26.3 Å². The third kappa shape index (κ3) is 14.1. The predicted molar refractivity (Wildman–Crippen MR) is 270 cm³/mol. The molecular formula is C53H60F10N10O8. The van der Waals surface area contributed by atoms with Gasteiger partial charge in [0.25, 0.3) is 5.91 Å². The first-order chi connectivity index (χ1) is 37.9. The number of ether oxygens (including phenoxy) is 2. The van der Waals surface area contributed by atoms with Gasteiger partial charge in [-0.05, 0) is 101 Å². The maximum atomic E-state index is 16.0. The summed E-state index contributed by atoms with van der Waals surface area (Å²) in [7, 11) is 0.813. The molecule has 0 radical (unpaired) electrons. The largest absolute Gasteiger partial charge is 0.465 e. The monoisotopic (exact) mass is 1150 g/mol. The molecular weight excluding hydrogens is 1090 g/mol. The standard InChI is InChI=1S/C53H60F10N10O8/c1-28-15-42(70-22-34-13-14-35(23-70)73(34)36-26-81-27-36)64-19-31(28)12-11-29-7-9-30(10-8-29)16-40(66-45(75)43(68-49(79)80-6)50(2,3)52(58,59)60)41(74)25-71(69-46(76)44(67-48(77)78)51(4,5)53(61,62)63)24-37-38(54)17-32(18-39(37)55)33-20-65-72(21-33)47(56)57/h7-10,15,17-21,34-36,40-41,43-44,47,67,74H,13-14,16,22-27H2,1-6H3,(H,66,75)(H,68,79)(H,69,76)(H,77,78)/t34?,35?,40-,41-,43+,44+/m0/s1. The average Bonchev–Trinajstić information content (AvgIpc) is 4.16. The number of aliphatic hydroxyl groups is 1. The molecule has 2 aromatic carbocycles. The zero-order valence-electron chi connectivity index (χ0n) is 44.6. The van der Waals surface area contributed by atoms with E-state index < -0.39 is 115 Å². The number of hydrazine groups is 1. The lowest BCUT2D eigenvalue weighted by Crippen LogP contribution is -2.63. The molecule has 2 bridgehead atoms. The second-order valence-corrected chi connectivity index (χ2v) is 21.3. The molecule has 18 nitrogen and oxygen atoms in total. The highest BCUT2D eigenvalue weighted by Crippen LogP contribution is 2.42. The number of aryl methyl sites for hydroxylation is 1. The number of aromatic nitrogens is 3. The van der Waals surface area contributed by atoms with E-state index >= 15 is 8.78 Å². The summed E-state index contributed by atoms with van der Waals surface area (Å²) in [5, 5.41) is 31.0. The minimum absolute atomic E-state index is 0.186. The van der Waals surface area contributed by atoms with Crippen LogP contribution in [0.1, 0.15) is 74.9 Å². The fourth-order valence-electron chi connectivity index (χ4n) is 9.83. The number of carbonyl (C=O) groups excluding carboxylic acids is 3. The van der Waals surface area contributed by atoms with Crippen molar-refractivity contribution < 1.29 is 82.8 Å². The summed E-state index contributed by atoms with van der Waals surface area (Å²) in [5.41, 5.74) is -3.56. The van der Waals surface area contributed by atoms with Crippen LogP contribution in [-0.2, 0) is 32.0 Å². The molecule has 5 heterocycles. The number of amides is 4. The molecule has 6 N–H and O–H groups in total. The number of carbonyl (C=O) groups is 4. The first kappa shape index (κ1) is 61.4. The van der Waals surface area contributed by atoms with Gasteiger partial charge in [-0.2, -0.15) is 40.2 Å². The quantitative estimate of drug-likeness (QED) is 0.0323. The summed E-state index contributed by atoms with van der Waals surface area (Å²) in [5.74, 6) is 0.762. The van der Waals surface area contributed by atoms with Crippen LogP contribution in [-0.4, -0.2) is 154 Å². The normalized spacial score (nSPS) is 18.5. The lowest BCUT2D eigenvalue weighted by atomic mass is 9.82. The molecule has 3 aliphatic heterocycles. The van der Waals surface area contributed by atoms with E-state index in [0.717, 1.165) is 70.0 Å². The summed E-state index contributed by atoms with van der Waals surface area (Å²) in [4.78, 5) is 61.7. The number of fused-ring (bicyclic) bond motifs is 2. The second-order valence-electron chi connectivity index (χ2n) is 21.3. The summed E-state index contributed by atoms with van der Waals surface area (Å²) in [6.45, 7) is 1.70. The van der Waals surface area contributed by atoms with Crippen molar-refractivity contribution in [3.05, 3.63) is 101 Å². The Balaban J connectivity index is 1.19. The highest BCUT2D eigenvalue weighted by molar-refractivity contribution is 5.87. The van der Waals surface area contributed by atoms with E-state index in [1.807, 2.05) is 23.7 Å². The molecule has 2 unspecified atom stereocenters. The summed E-state index contributed by atoms with van der Waals surface area (Å²) >= 11 is 0. The van der Waals surface area contributed by atoms with Crippen molar-refractivity contribution in [3.63, 3.8) is 0 Å². The van der Waals surface area contributed by atoms with Crippen molar-refractivity contribution in [3.8, 4) is 23.0 Å². The molecule has 0 saturated carbocycles. The van der Waals surface area contributed by atoms with Crippen LogP contribution in [0.15, 0.2) is 61.1 Å². The number of hydrogen-bond acceptors (Lipinski definition) is 12. The Hall–Kier alpha value is -7.22. The van der Waals surface area contributed by atoms with E-state index in [0.29, 0.717) is 74.1 Å². The highest BCUT2D eigenvalue weighted by atomic mass is 19.4. The molecule has 28 heteroatoms. The number of hydrogen-bond donors (Lipinski definition) is 6. The topological polar surface area (TPSA) is 216 Å². The number of pyridine rings is 1. The summed E-state index contributed by atoms with van der Waals surface area (Å²) in [6, 6.07) is 3.65. The fraction of sp³-hybridized carbons (Fsp3) is 0.509. The van der Waals surface area contributed by atoms with Gasteiger partial charge in [0.1, 0.15) is 29.5 Å². The Bertz CT molecular complexity index is 2960. The van der Waals surface area contributed by atoms with Crippen molar-refractivity contribution in [2.75, 3.05) is 44.9 Å².